The van der Waals surface area contributed by atoms with Crippen molar-refractivity contribution in [2.45, 2.75) is 38.0 Å². The van der Waals surface area contributed by atoms with Gasteiger partial charge in [0.05, 0.1) is 19.3 Å². The second-order valence-electron chi connectivity index (χ2n) is 4.62. The first-order valence-corrected chi connectivity index (χ1v) is 6.39. The predicted molar refractivity (Wildman–Crippen MR) is 67.7 cm³/mol. The van der Waals surface area contributed by atoms with Gasteiger partial charge in [-0.3, -0.25) is 0 Å². The van der Waals surface area contributed by atoms with Gasteiger partial charge in [0.1, 0.15) is 0 Å². The van der Waals surface area contributed by atoms with E-state index in [0.29, 0.717) is 13.2 Å². The van der Waals surface area contributed by atoms with Crippen molar-refractivity contribution in [2.24, 2.45) is 0 Å². The third-order valence-corrected chi connectivity index (χ3v) is 3.21. The van der Waals surface area contributed by atoms with Gasteiger partial charge in [-0.05, 0) is 24.9 Å². The van der Waals surface area contributed by atoms with Crippen LogP contribution in [0, 0.1) is 0 Å². The lowest BCUT2D eigenvalue weighted by Gasteiger charge is -2.27. The zero-order chi connectivity index (χ0) is 11.9. The number of rotatable bonds is 5. The Hall–Kier alpha value is -0.900. The summed E-state index contributed by atoms with van der Waals surface area (Å²) < 4.78 is 5.54. The molecular formula is C14H21NO2. The molecule has 17 heavy (non-hydrogen) atoms. The minimum absolute atomic E-state index is 0.208. The lowest BCUT2D eigenvalue weighted by Crippen LogP contribution is -2.45. The summed E-state index contributed by atoms with van der Waals surface area (Å²) in [4.78, 5) is 0. The molecule has 1 heterocycles. The lowest BCUT2D eigenvalue weighted by molar-refractivity contribution is 0.00438. The smallest absolute Gasteiger partial charge is 0.0926 e. The molecule has 1 aliphatic rings. The van der Waals surface area contributed by atoms with E-state index >= 15 is 0 Å². The lowest BCUT2D eigenvalue weighted by atomic mass is 10.0. The Kier molecular flexibility index (Phi) is 4.98. The Morgan fingerprint density at radius 3 is 2.82 bits per heavy atom. The van der Waals surface area contributed by atoms with E-state index in [-0.39, 0.29) is 12.1 Å². The van der Waals surface area contributed by atoms with Gasteiger partial charge in [0.2, 0.25) is 0 Å². The fourth-order valence-electron chi connectivity index (χ4n) is 2.20. The molecular weight excluding hydrogens is 214 g/mol. The zero-order valence-electron chi connectivity index (χ0n) is 10.1. The van der Waals surface area contributed by atoms with E-state index in [1.165, 1.54) is 12.8 Å². The normalized spacial score (nSPS) is 22.3. The van der Waals surface area contributed by atoms with Crippen LogP contribution in [0.3, 0.4) is 0 Å². The van der Waals surface area contributed by atoms with Crippen LogP contribution >= 0.6 is 0 Å². The Morgan fingerprint density at radius 2 is 2.12 bits per heavy atom. The van der Waals surface area contributed by atoms with Crippen molar-refractivity contribution in [2.75, 3.05) is 13.2 Å². The maximum atomic E-state index is 9.96. The summed E-state index contributed by atoms with van der Waals surface area (Å²) in [6.07, 6.45) is 3.08. The fourth-order valence-corrected chi connectivity index (χ4v) is 2.20. The highest BCUT2D eigenvalue weighted by molar-refractivity contribution is 5.13. The number of hydrogen-bond acceptors (Lipinski definition) is 3. The molecule has 2 atom stereocenters. The summed E-state index contributed by atoms with van der Waals surface area (Å²) in [6.45, 7) is 2.00. The van der Waals surface area contributed by atoms with Crippen molar-refractivity contribution in [1.29, 1.82) is 0 Å². The van der Waals surface area contributed by atoms with Gasteiger partial charge in [-0.1, -0.05) is 36.8 Å². The number of piperidine rings is 1. The highest BCUT2D eigenvalue weighted by Crippen LogP contribution is 2.11. The van der Waals surface area contributed by atoms with E-state index < -0.39 is 0 Å². The highest BCUT2D eigenvalue weighted by Gasteiger charge is 2.20. The summed E-state index contributed by atoms with van der Waals surface area (Å²) in [5, 5.41) is 13.3. The molecule has 1 aromatic rings. The summed E-state index contributed by atoms with van der Waals surface area (Å²) in [5.41, 5.74) is 1.15. The molecule has 1 saturated heterocycles. The molecule has 0 aromatic heterocycles. The Bertz CT molecular complexity index is 309. The topological polar surface area (TPSA) is 41.5 Å². The maximum absolute atomic E-state index is 9.96. The molecule has 2 N–H and O–H groups in total. The van der Waals surface area contributed by atoms with Crippen LogP contribution in [0.25, 0.3) is 0 Å². The fraction of sp³-hybridized carbons (Fsp3) is 0.571. The number of aliphatic hydroxyl groups is 1. The summed E-state index contributed by atoms with van der Waals surface area (Å²) in [7, 11) is 0. The molecule has 3 nitrogen and oxygen atoms in total. The van der Waals surface area contributed by atoms with Crippen LogP contribution in [0.15, 0.2) is 30.3 Å². The van der Waals surface area contributed by atoms with Crippen molar-refractivity contribution in [1.82, 2.24) is 5.32 Å². The van der Waals surface area contributed by atoms with Crippen molar-refractivity contribution in [3.8, 4) is 0 Å². The van der Waals surface area contributed by atoms with Gasteiger partial charge in [0.15, 0.2) is 0 Å². The summed E-state index contributed by atoms with van der Waals surface area (Å²) >= 11 is 0. The molecule has 0 amide bonds. The van der Waals surface area contributed by atoms with Crippen LogP contribution in [0.2, 0.25) is 0 Å². The first-order chi connectivity index (χ1) is 8.36. The number of ether oxygens (including phenoxy) is 1. The van der Waals surface area contributed by atoms with Crippen LogP contribution in [0.1, 0.15) is 24.8 Å². The Labute approximate surface area is 103 Å². The van der Waals surface area contributed by atoms with E-state index in [1.807, 2.05) is 30.3 Å². The van der Waals surface area contributed by atoms with E-state index in [4.69, 9.17) is 4.74 Å². The SMILES string of the molecule is OC(COCc1ccccc1)C1CCCCN1. The molecule has 2 unspecified atom stereocenters. The predicted octanol–water partition coefficient (Wildman–Crippen LogP) is 1.71. The molecule has 0 saturated carbocycles. The minimum atomic E-state index is -0.390. The van der Waals surface area contributed by atoms with Gasteiger partial charge < -0.3 is 15.2 Å². The van der Waals surface area contributed by atoms with Crippen LogP contribution in [0.4, 0.5) is 0 Å². The maximum Gasteiger partial charge on any atom is 0.0926 e. The minimum Gasteiger partial charge on any atom is -0.389 e. The largest absolute Gasteiger partial charge is 0.389 e. The zero-order valence-corrected chi connectivity index (χ0v) is 10.1. The molecule has 1 aliphatic heterocycles. The van der Waals surface area contributed by atoms with E-state index in [0.717, 1.165) is 18.5 Å². The standard InChI is InChI=1S/C14H21NO2/c16-14(13-8-4-5-9-15-13)11-17-10-12-6-2-1-3-7-12/h1-3,6-7,13-16H,4-5,8-11H2. The number of benzene rings is 1. The second kappa shape index (κ2) is 6.74. The molecule has 0 aliphatic carbocycles. The summed E-state index contributed by atoms with van der Waals surface area (Å²) in [6, 6.07) is 10.3. The van der Waals surface area contributed by atoms with E-state index in [9.17, 15) is 5.11 Å². The average Bonchev–Trinajstić information content (AvgIpc) is 2.41. The Balaban J connectivity index is 1.67. The highest BCUT2D eigenvalue weighted by atomic mass is 16.5. The van der Waals surface area contributed by atoms with Gasteiger partial charge in [-0.15, -0.1) is 0 Å². The molecule has 2 rings (SSSR count). The molecule has 0 radical (unpaired) electrons. The van der Waals surface area contributed by atoms with Crippen LogP contribution in [-0.4, -0.2) is 30.4 Å². The number of aliphatic hydroxyl groups excluding tert-OH is 1. The van der Waals surface area contributed by atoms with Gasteiger partial charge >= 0.3 is 0 Å². The third-order valence-electron chi connectivity index (χ3n) is 3.21. The molecule has 0 bridgehead atoms. The first-order valence-electron chi connectivity index (χ1n) is 6.39. The van der Waals surface area contributed by atoms with E-state index in [2.05, 4.69) is 5.32 Å². The van der Waals surface area contributed by atoms with Gasteiger partial charge in [-0.2, -0.15) is 0 Å². The van der Waals surface area contributed by atoms with Crippen molar-refractivity contribution < 1.29 is 9.84 Å². The molecule has 1 fully saturated rings. The third kappa shape index (κ3) is 4.11. The van der Waals surface area contributed by atoms with Crippen LogP contribution in [0.5, 0.6) is 0 Å². The number of hydrogen-bond donors (Lipinski definition) is 2. The molecule has 0 spiro atoms. The van der Waals surface area contributed by atoms with Crippen molar-refractivity contribution in [3.63, 3.8) is 0 Å². The first kappa shape index (κ1) is 12.6. The average molecular weight is 235 g/mol. The van der Waals surface area contributed by atoms with Crippen molar-refractivity contribution in [3.05, 3.63) is 35.9 Å². The molecule has 3 heteroatoms. The quantitative estimate of drug-likeness (QED) is 0.816. The number of nitrogens with one attached hydrogen (secondary N) is 1. The van der Waals surface area contributed by atoms with Crippen LogP contribution in [-0.2, 0) is 11.3 Å². The molecule has 1 aromatic carbocycles. The molecule has 94 valence electrons. The van der Waals surface area contributed by atoms with Crippen molar-refractivity contribution >= 4 is 0 Å². The Morgan fingerprint density at radius 1 is 1.29 bits per heavy atom. The van der Waals surface area contributed by atoms with Gasteiger partial charge in [0, 0.05) is 6.04 Å². The van der Waals surface area contributed by atoms with Crippen LogP contribution < -0.4 is 5.32 Å². The van der Waals surface area contributed by atoms with Gasteiger partial charge in [0.25, 0.3) is 0 Å². The monoisotopic (exact) mass is 235 g/mol. The second-order valence-corrected chi connectivity index (χ2v) is 4.62. The van der Waals surface area contributed by atoms with E-state index in [1.54, 1.807) is 0 Å². The van der Waals surface area contributed by atoms with Gasteiger partial charge in [-0.25, -0.2) is 0 Å². The summed E-state index contributed by atoms with van der Waals surface area (Å²) in [5.74, 6) is 0.